The first-order chi connectivity index (χ1) is 24.8. The largest absolute Gasteiger partial charge is 0.472 e. The number of alkyl carbamates (subject to hydrolysis) is 1. The van der Waals surface area contributed by atoms with E-state index in [-0.39, 0.29) is 43.9 Å². The Morgan fingerprint density at radius 3 is 2.49 bits per heavy atom. The first-order valence-corrected chi connectivity index (χ1v) is 19.8. The van der Waals surface area contributed by atoms with Crippen LogP contribution in [0.15, 0.2) is 59.2 Å². The number of ether oxygens (including phenoxy) is 2. The second-order valence-electron chi connectivity index (χ2n) is 15.1. The van der Waals surface area contributed by atoms with Crippen molar-refractivity contribution in [1.82, 2.24) is 25.2 Å². The molecule has 4 amide bonds. The molecule has 1 aliphatic heterocycles. The second-order valence-corrected chi connectivity index (χ2v) is 17.9. The lowest BCUT2D eigenvalue weighted by Crippen LogP contribution is -2.58. The first kappa shape index (κ1) is 39.9. The fourth-order valence-electron chi connectivity index (χ4n) is 6.35. The predicted octanol–water partition coefficient (Wildman–Crippen LogP) is 4.22. The van der Waals surface area contributed by atoms with Gasteiger partial charge in [0.1, 0.15) is 29.3 Å². The molecule has 2 aromatic rings. The number of aromatic nitrogens is 1. The molecule has 2 saturated carbocycles. The minimum atomic E-state index is -3.93. The molecule has 1 aromatic carbocycles. The second kappa shape index (κ2) is 15.6. The van der Waals surface area contributed by atoms with Crippen LogP contribution < -0.4 is 20.1 Å². The van der Waals surface area contributed by atoms with Crippen LogP contribution in [0.2, 0.25) is 0 Å². The number of allylic oxidation sites excluding steroid dienone is 2. The van der Waals surface area contributed by atoms with Crippen LogP contribution in [0.25, 0.3) is 10.8 Å². The number of pyridine rings is 1. The Morgan fingerprint density at radius 2 is 1.87 bits per heavy atom. The third-order valence-electron chi connectivity index (χ3n) is 9.19. The number of nitrogens with zero attached hydrogens (tertiary/aromatic N) is 2. The molecular weight excluding hydrogens is 770 g/mol. The standard InChI is InChI=1S/C37H46BrN5O9S/c1-7-23-19-37(23,34(47)42-53(49,50)27-11-12-27)41-31(45)30-18-26(51-32-28-17-24(38)9-8-22(28)14-15-39-32)20-43(30)33(46)29(13-10-25(44)16-21(2)3)40-35(48)52-36(4,5)6/h7-9,14-17,23,26-27,29-30H,1,10-13,18-20H2,2-6H3,(H,40,48)(H,41,45)(H,42,47). The van der Waals surface area contributed by atoms with Crippen molar-refractivity contribution >= 4 is 66.3 Å². The number of fused-ring (bicyclic) bond motifs is 1. The van der Waals surface area contributed by atoms with Gasteiger partial charge in [-0.25, -0.2) is 18.2 Å². The molecule has 1 aromatic heterocycles. The molecule has 286 valence electrons. The SMILES string of the molecule is C=CC1CC1(NC(=O)C1CC(Oc2nccc3ccc(Br)cc23)CN1C(=O)C(CCC(=O)C=C(C)C)NC(=O)OC(C)(C)C)C(=O)NS(=O)(=O)C1CC1. The normalized spacial score (nSPS) is 23.0. The van der Waals surface area contributed by atoms with E-state index < -0.39 is 74.3 Å². The van der Waals surface area contributed by atoms with Crippen molar-refractivity contribution in [2.45, 2.75) is 108 Å². The van der Waals surface area contributed by atoms with Gasteiger partial charge in [-0.05, 0) is 90.0 Å². The van der Waals surface area contributed by atoms with Crippen LogP contribution in [-0.4, -0.2) is 89.0 Å². The summed E-state index contributed by atoms with van der Waals surface area (Å²) >= 11 is 3.47. The Morgan fingerprint density at radius 1 is 1.15 bits per heavy atom. The van der Waals surface area contributed by atoms with E-state index in [1.54, 1.807) is 40.8 Å². The molecule has 3 N–H and O–H groups in total. The number of halogens is 1. The average Bonchev–Trinajstić information content (AvgIpc) is 3.98. The molecule has 3 aliphatic rings. The summed E-state index contributed by atoms with van der Waals surface area (Å²) in [4.78, 5) is 73.5. The molecule has 5 atom stereocenters. The van der Waals surface area contributed by atoms with Gasteiger partial charge in [-0.15, -0.1) is 6.58 Å². The molecule has 3 fully saturated rings. The van der Waals surface area contributed by atoms with E-state index in [4.69, 9.17) is 9.47 Å². The van der Waals surface area contributed by atoms with Crippen molar-refractivity contribution in [3.05, 3.63) is 59.2 Å². The van der Waals surface area contributed by atoms with Crippen LogP contribution in [0.5, 0.6) is 5.88 Å². The number of ketones is 1. The van der Waals surface area contributed by atoms with Gasteiger partial charge < -0.3 is 25.0 Å². The van der Waals surface area contributed by atoms with E-state index in [0.717, 1.165) is 15.4 Å². The molecule has 2 heterocycles. The van der Waals surface area contributed by atoms with E-state index in [9.17, 15) is 32.4 Å². The van der Waals surface area contributed by atoms with E-state index in [1.807, 2.05) is 24.3 Å². The number of hydrogen-bond donors (Lipinski definition) is 3. The lowest BCUT2D eigenvalue weighted by Gasteiger charge is -2.30. The van der Waals surface area contributed by atoms with E-state index in [1.165, 1.54) is 17.1 Å². The van der Waals surface area contributed by atoms with Gasteiger partial charge in [0.2, 0.25) is 27.7 Å². The van der Waals surface area contributed by atoms with E-state index in [0.29, 0.717) is 18.2 Å². The molecule has 16 heteroatoms. The van der Waals surface area contributed by atoms with Gasteiger partial charge in [0, 0.05) is 34.8 Å². The Balaban J connectivity index is 1.45. The Bertz CT molecular complexity index is 1950. The number of hydrogen-bond acceptors (Lipinski definition) is 10. The summed E-state index contributed by atoms with van der Waals surface area (Å²) in [6, 6.07) is 4.92. The molecule has 5 rings (SSSR count). The molecular formula is C37H46BrN5O9S. The van der Waals surface area contributed by atoms with Crippen molar-refractivity contribution in [1.29, 1.82) is 0 Å². The molecule has 14 nitrogen and oxygen atoms in total. The number of benzene rings is 1. The van der Waals surface area contributed by atoms with Crippen LogP contribution in [0.4, 0.5) is 4.79 Å². The highest BCUT2D eigenvalue weighted by Crippen LogP contribution is 2.45. The number of likely N-dealkylation sites (tertiary alicyclic amines) is 1. The first-order valence-electron chi connectivity index (χ1n) is 17.5. The highest BCUT2D eigenvalue weighted by Gasteiger charge is 2.62. The predicted molar refractivity (Wildman–Crippen MR) is 200 cm³/mol. The third kappa shape index (κ3) is 9.82. The van der Waals surface area contributed by atoms with Crippen LogP contribution in [-0.2, 0) is 33.9 Å². The summed E-state index contributed by atoms with van der Waals surface area (Å²) in [7, 11) is -3.93. The molecule has 1 saturated heterocycles. The summed E-state index contributed by atoms with van der Waals surface area (Å²) < 4.78 is 40.1. The van der Waals surface area contributed by atoms with Gasteiger partial charge in [0.15, 0.2) is 5.78 Å². The number of carbonyl (C=O) groups excluding carboxylic acids is 5. The lowest BCUT2D eigenvalue weighted by atomic mass is 10.1. The van der Waals surface area contributed by atoms with Gasteiger partial charge in [-0.1, -0.05) is 33.6 Å². The molecule has 53 heavy (non-hydrogen) atoms. The minimum Gasteiger partial charge on any atom is -0.472 e. The van der Waals surface area contributed by atoms with Crippen LogP contribution >= 0.6 is 15.9 Å². The fraction of sp³-hybridized carbons (Fsp3) is 0.514. The molecule has 0 bridgehead atoms. The highest BCUT2D eigenvalue weighted by molar-refractivity contribution is 9.10. The number of carbonyl (C=O) groups is 5. The van der Waals surface area contributed by atoms with E-state index >= 15 is 0 Å². The van der Waals surface area contributed by atoms with E-state index in [2.05, 4.69) is 42.8 Å². The molecule has 0 radical (unpaired) electrons. The van der Waals surface area contributed by atoms with Crippen LogP contribution in [0.1, 0.15) is 73.1 Å². The number of nitrogens with one attached hydrogen (secondary N) is 3. The van der Waals surface area contributed by atoms with Crippen molar-refractivity contribution in [3.63, 3.8) is 0 Å². The highest BCUT2D eigenvalue weighted by atomic mass is 79.9. The Labute approximate surface area is 317 Å². The van der Waals surface area contributed by atoms with Crippen molar-refractivity contribution in [2.75, 3.05) is 6.54 Å². The van der Waals surface area contributed by atoms with Gasteiger partial charge in [-0.2, -0.15) is 0 Å². The summed E-state index contributed by atoms with van der Waals surface area (Å²) in [5.74, 6) is -2.81. The summed E-state index contributed by atoms with van der Waals surface area (Å²) in [6.07, 6.45) is 3.62. The zero-order valence-electron chi connectivity index (χ0n) is 30.4. The smallest absolute Gasteiger partial charge is 0.408 e. The van der Waals surface area contributed by atoms with Gasteiger partial charge >= 0.3 is 6.09 Å². The number of sulfonamides is 1. The summed E-state index contributed by atoms with van der Waals surface area (Å²) in [5.41, 5.74) is -1.72. The number of amides is 4. The average molecular weight is 817 g/mol. The fourth-order valence-corrected chi connectivity index (χ4v) is 8.07. The van der Waals surface area contributed by atoms with Gasteiger partial charge in [-0.3, -0.25) is 23.9 Å². The Kier molecular flexibility index (Phi) is 11.7. The number of rotatable bonds is 14. The maximum atomic E-state index is 14.5. The summed E-state index contributed by atoms with van der Waals surface area (Å²) in [6.45, 7) is 12.2. The molecule has 5 unspecified atom stereocenters. The molecule has 2 aliphatic carbocycles. The summed E-state index contributed by atoms with van der Waals surface area (Å²) in [5, 5.41) is 6.21. The van der Waals surface area contributed by atoms with Crippen LogP contribution in [0.3, 0.4) is 0 Å². The van der Waals surface area contributed by atoms with Crippen LogP contribution in [0, 0.1) is 5.92 Å². The van der Waals surface area contributed by atoms with Crippen molar-refractivity contribution in [3.8, 4) is 5.88 Å². The molecule has 0 spiro atoms. The lowest BCUT2D eigenvalue weighted by molar-refractivity contribution is -0.141. The van der Waals surface area contributed by atoms with Gasteiger partial charge in [0.25, 0.3) is 5.91 Å². The monoisotopic (exact) mass is 815 g/mol. The maximum Gasteiger partial charge on any atom is 0.408 e. The quantitative estimate of drug-likeness (QED) is 0.184. The zero-order chi connectivity index (χ0) is 38.9. The van der Waals surface area contributed by atoms with Crippen molar-refractivity contribution in [2.24, 2.45) is 5.92 Å². The van der Waals surface area contributed by atoms with Gasteiger partial charge in [0.05, 0.1) is 11.8 Å². The maximum absolute atomic E-state index is 14.5. The third-order valence-corrected chi connectivity index (χ3v) is 11.5. The topological polar surface area (TPSA) is 190 Å². The zero-order valence-corrected chi connectivity index (χ0v) is 32.8. The Hall–Kier alpha value is -4.31. The minimum absolute atomic E-state index is 0.0314. The van der Waals surface area contributed by atoms with Crippen molar-refractivity contribution < 1.29 is 41.9 Å².